The summed E-state index contributed by atoms with van der Waals surface area (Å²) in [6, 6.07) is 9.41. The van der Waals surface area contributed by atoms with Crippen molar-refractivity contribution in [2.24, 2.45) is 0 Å². The molecule has 2 aromatic heterocycles. The van der Waals surface area contributed by atoms with Crippen LogP contribution in [0, 0.1) is 13.8 Å². The molecule has 1 amide bonds. The quantitative estimate of drug-likeness (QED) is 0.694. The van der Waals surface area contributed by atoms with Crippen molar-refractivity contribution >= 4 is 16.9 Å². The maximum absolute atomic E-state index is 12.6. The van der Waals surface area contributed by atoms with E-state index in [1.807, 2.05) is 38.1 Å². The van der Waals surface area contributed by atoms with Crippen LogP contribution in [-0.4, -0.2) is 53.1 Å². The zero-order valence-corrected chi connectivity index (χ0v) is 18.0. The predicted octanol–water partition coefficient (Wildman–Crippen LogP) is 3.79. The molecule has 0 unspecified atom stereocenters. The van der Waals surface area contributed by atoms with E-state index < -0.39 is 0 Å². The van der Waals surface area contributed by atoms with Crippen molar-refractivity contribution in [2.75, 3.05) is 27.2 Å². The molecule has 0 bridgehead atoms. The van der Waals surface area contributed by atoms with Gasteiger partial charge < -0.3 is 15.3 Å². The highest BCUT2D eigenvalue weighted by molar-refractivity contribution is 6.05. The highest BCUT2D eigenvalue weighted by Crippen LogP contribution is 2.34. The van der Waals surface area contributed by atoms with Gasteiger partial charge in [-0.1, -0.05) is 6.07 Å². The number of rotatable bonds is 3. The van der Waals surface area contributed by atoms with Gasteiger partial charge in [0.1, 0.15) is 5.75 Å². The Morgan fingerprint density at radius 1 is 1.20 bits per heavy atom. The number of benzene rings is 1. The summed E-state index contributed by atoms with van der Waals surface area (Å²) < 4.78 is 0. The van der Waals surface area contributed by atoms with Gasteiger partial charge in [-0.05, 0) is 75.7 Å². The van der Waals surface area contributed by atoms with Crippen LogP contribution in [0.2, 0.25) is 0 Å². The zero-order chi connectivity index (χ0) is 21.4. The van der Waals surface area contributed by atoms with Crippen molar-refractivity contribution in [3.05, 3.63) is 52.7 Å². The molecule has 156 valence electrons. The number of amides is 1. The monoisotopic (exact) mass is 404 g/mol. The number of pyridine rings is 2. The van der Waals surface area contributed by atoms with Crippen molar-refractivity contribution < 1.29 is 9.90 Å². The van der Waals surface area contributed by atoms with Gasteiger partial charge in [-0.2, -0.15) is 0 Å². The van der Waals surface area contributed by atoms with Crippen LogP contribution in [0.4, 0.5) is 0 Å². The molecule has 3 aromatic rings. The topological polar surface area (TPSA) is 78.4 Å². The number of fused-ring (bicyclic) bond motifs is 1. The van der Waals surface area contributed by atoms with Gasteiger partial charge in [0.05, 0.1) is 11.3 Å². The number of aryl methyl sites for hydroxylation is 2. The molecule has 30 heavy (non-hydrogen) atoms. The van der Waals surface area contributed by atoms with Gasteiger partial charge in [-0.15, -0.1) is 0 Å². The molecule has 1 aliphatic heterocycles. The first kappa shape index (κ1) is 20.3. The second-order valence-electron chi connectivity index (χ2n) is 8.32. The lowest BCUT2D eigenvalue weighted by molar-refractivity contribution is 0.0964. The summed E-state index contributed by atoms with van der Waals surface area (Å²) in [4.78, 5) is 24.6. The van der Waals surface area contributed by atoms with E-state index in [4.69, 9.17) is 9.97 Å². The van der Waals surface area contributed by atoms with Crippen LogP contribution in [0.25, 0.3) is 22.3 Å². The number of carbonyl (C=O) groups excluding carboxylic acids is 1. The van der Waals surface area contributed by atoms with E-state index in [-0.39, 0.29) is 17.6 Å². The summed E-state index contributed by atoms with van der Waals surface area (Å²) in [7, 11) is 3.75. The number of piperidine rings is 1. The lowest BCUT2D eigenvalue weighted by atomic mass is 9.93. The molecule has 6 heteroatoms. The first-order chi connectivity index (χ1) is 14.4. The van der Waals surface area contributed by atoms with E-state index in [1.165, 1.54) is 0 Å². The van der Waals surface area contributed by atoms with Crippen molar-refractivity contribution in [3.63, 3.8) is 0 Å². The third-order valence-electron chi connectivity index (χ3n) is 5.92. The Kier molecular flexibility index (Phi) is 5.43. The lowest BCUT2D eigenvalue weighted by Gasteiger charge is -2.29. The second-order valence-corrected chi connectivity index (χ2v) is 8.32. The van der Waals surface area contributed by atoms with E-state index in [9.17, 15) is 9.90 Å². The number of likely N-dealkylation sites (tertiary alicyclic amines) is 1. The van der Waals surface area contributed by atoms with Gasteiger partial charge in [0, 0.05) is 36.2 Å². The third-order valence-corrected chi connectivity index (χ3v) is 5.92. The number of carbonyl (C=O) groups is 1. The molecule has 3 heterocycles. The molecule has 0 saturated carbocycles. The number of hydrogen-bond acceptors (Lipinski definition) is 5. The summed E-state index contributed by atoms with van der Waals surface area (Å²) in [6.45, 7) is 5.92. The molecule has 1 aliphatic rings. The predicted molar refractivity (Wildman–Crippen MR) is 119 cm³/mol. The normalized spacial score (nSPS) is 17.3. The average molecular weight is 405 g/mol. The fourth-order valence-electron chi connectivity index (χ4n) is 4.48. The van der Waals surface area contributed by atoms with E-state index in [2.05, 4.69) is 17.3 Å². The maximum Gasteiger partial charge on any atom is 0.251 e. The Morgan fingerprint density at radius 3 is 2.70 bits per heavy atom. The Morgan fingerprint density at radius 2 is 2.00 bits per heavy atom. The summed E-state index contributed by atoms with van der Waals surface area (Å²) in [5.74, 6) is 0.337. The minimum Gasteiger partial charge on any atom is -0.507 e. The van der Waals surface area contributed by atoms with E-state index >= 15 is 0 Å². The van der Waals surface area contributed by atoms with Gasteiger partial charge in [-0.25, -0.2) is 9.97 Å². The summed E-state index contributed by atoms with van der Waals surface area (Å²) in [6.07, 6.45) is 2.16. The molecule has 0 aliphatic carbocycles. The van der Waals surface area contributed by atoms with Crippen LogP contribution >= 0.6 is 0 Å². The summed E-state index contributed by atoms with van der Waals surface area (Å²) in [5, 5.41) is 14.0. The minimum atomic E-state index is -0.142. The largest absolute Gasteiger partial charge is 0.507 e. The van der Waals surface area contributed by atoms with Crippen LogP contribution in [0.1, 0.15) is 45.9 Å². The lowest BCUT2D eigenvalue weighted by Crippen LogP contribution is -2.31. The van der Waals surface area contributed by atoms with Crippen LogP contribution < -0.4 is 5.32 Å². The third kappa shape index (κ3) is 3.75. The average Bonchev–Trinajstić information content (AvgIpc) is 2.71. The molecule has 1 aromatic carbocycles. The van der Waals surface area contributed by atoms with E-state index in [0.29, 0.717) is 22.5 Å². The van der Waals surface area contributed by atoms with Crippen LogP contribution in [0.3, 0.4) is 0 Å². The van der Waals surface area contributed by atoms with Crippen LogP contribution in [0.15, 0.2) is 30.3 Å². The smallest absolute Gasteiger partial charge is 0.251 e. The number of likely N-dealkylation sites (N-methyl/N-ethyl adjacent to an activating group) is 1. The van der Waals surface area contributed by atoms with Crippen molar-refractivity contribution in [2.45, 2.75) is 32.6 Å². The summed E-state index contributed by atoms with van der Waals surface area (Å²) >= 11 is 0. The SMILES string of the molecule is CNC(=O)c1cc([C@@H]2CCCN(C)C2)nc2nc(-c3c(C)cc(C)cc3O)ccc12. The maximum atomic E-state index is 12.6. The number of phenolic OH excluding ortho intramolecular Hbond substituents is 1. The number of aromatic hydroxyl groups is 1. The van der Waals surface area contributed by atoms with Crippen molar-refractivity contribution in [1.29, 1.82) is 0 Å². The van der Waals surface area contributed by atoms with Crippen LogP contribution in [0.5, 0.6) is 5.75 Å². The minimum absolute atomic E-state index is 0.142. The van der Waals surface area contributed by atoms with Gasteiger partial charge in [0.2, 0.25) is 0 Å². The number of phenols is 1. The Labute approximate surface area is 177 Å². The van der Waals surface area contributed by atoms with E-state index in [1.54, 1.807) is 13.1 Å². The Bertz CT molecular complexity index is 1100. The number of nitrogens with one attached hydrogen (secondary N) is 1. The molecule has 1 fully saturated rings. The molecule has 2 N–H and O–H groups in total. The molecular weight excluding hydrogens is 376 g/mol. The van der Waals surface area contributed by atoms with Crippen LogP contribution in [-0.2, 0) is 0 Å². The highest BCUT2D eigenvalue weighted by Gasteiger charge is 2.23. The number of aromatic nitrogens is 2. The molecule has 1 atom stereocenters. The zero-order valence-electron chi connectivity index (χ0n) is 18.0. The van der Waals surface area contributed by atoms with Gasteiger partial charge in [0.25, 0.3) is 5.91 Å². The molecule has 0 spiro atoms. The fraction of sp³-hybridized carbons (Fsp3) is 0.375. The number of nitrogens with zero attached hydrogens (tertiary/aromatic N) is 3. The standard InChI is InChI=1S/C24H28N4O2/c1-14-10-15(2)22(21(29)11-14)19-8-7-17-18(24(30)25-3)12-20(27-23(17)26-19)16-6-5-9-28(4)13-16/h7-8,10-12,16,29H,5-6,9,13H2,1-4H3,(H,25,30)/t16-/m1/s1. The molecule has 0 radical (unpaired) electrons. The van der Waals surface area contributed by atoms with Gasteiger partial charge in [-0.3, -0.25) is 4.79 Å². The Hall–Kier alpha value is -2.99. The van der Waals surface area contributed by atoms with Crippen molar-refractivity contribution in [1.82, 2.24) is 20.2 Å². The van der Waals surface area contributed by atoms with Crippen molar-refractivity contribution in [3.8, 4) is 17.0 Å². The Balaban J connectivity index is 1.89. The van der Waals surface area contributed by atoms with Gasteiger partial charge in [0.15, 0.2) is 5.65 Å². The highest BCUT2D eigenvalue weighted by atomic mass is 16.3. The van der Waals surface area contributed by atoms with Gasteiger partial charge >= 0.3 is 0 Å². The molecule has 1 saturated heterocycles. The second kappa shape index (κ2) is 8.03. The first-order valence-corrected chi connectivity index (χ1v) is 10.4. The van der Waals surface area contributed by atoms with E-state index in [0.717, 1.165) is 48.1 Å². The molecular formula is C24H28N4O2. The first-order valence-electron chi connectivity index (χ1n) is 10.4. The summed E-state index contributed by atoms with van der Waals surface area (Å²) in [5.41, 5.74) is 5.35. The molecule has 4 rings (SSSR count). The molecule has 6 nitrogen and oxygen atoms in total. The number of hydrogen-bond donors (Lipinski definition) is 2. The fourth-order valence-corrected chi connectivity index (χ4v) is 4.48.